The second kappa shape index (κ2) is 5.70. The molecule has 21 heavy (non-hydrogen) atoms. The molecular formula is C13H11F2N3O3. The second-order valence-corrected chi connectivity index (χ2v) is 4.19. The van der Waals surface area contributed by atoms with Gasteiger partial charge < -0.3 is 5.73 Å². The van der Waals surface area contributed by atoms with E-state index in [4.69, 9.17) is 5.73 Å². The molecule has 2 N–H and O–H groups in total. The first-order chi connectivity index (χ1) is 9.95. The standard InChI is InChI=1S/C13H11F2N3O3/c14-5-6-17-7-10(11(16)19)12(20)18(13(17)21)9-3-1-8(15)2-4-9/h1-4,7H,5-6H2,(H2,16,19). The summed E-state index contributed by atoms with van der Waals surface area (Å²) >= 11 is 0. The molecule has 1 aromatic heterocycles. The summed E-state index contributed by atoms with van der Waals surface area (Å²) in [5, 5.41) is 0. The Balaban J connectivity index is 2.80. The van der Waals surface area contributed by atoms with Gasteiger partial charge in [-0.15, -0.1) is 0 Å². The summed E-state index contributed by atoms with van der Waals surface area (Å²) in [6.45, 7) is -1.19. The maximum atomic E-state index is 12.9. The van der Waals surface area contributed by atoms with Gasteiger partial charge in [-0.1, -0.05) is 0 Å². The van der Waals surface area contributed by atoms with E-state index in [2.05, 4.69) is 0 Å². The highest BCUT2D eigenvalue weighted by molar-refractivity contribution is 5.92. The van der Waals surface area contributed by atoms with E-state index in [1.54, 1.807) is 0 Å². The highest BCUT2D eigenvalue weighted by atomic mass is 19.1. The van der Waals surface area contributed by atoms with Gasteiger partial charge >= 0.3 is 5.69 Å². The molecule has 8 heteroatoms. The lowest BCUT2D eigenvalue weighted by atomic mass is 10.2. The maximum Gasteiger partial charge on any atom is 0.335 e. The Morgan fingerprint density at radius 1 is 1.19 bits per heavy atom. The molecule has 0 saturated carbocycles. The van der Waals surface area contributed by atoms with Gasteiger partial charge in [-0.25, -0.2) is 18.1 Å². The molecule has 6 nitrogen and oxygen atoms in total. The van der Waals surface area contributed by atoms with Crippen LogP contribution in [0.4, 0.5) is 8.78 Å². The van der Waals surface area contributed by atoms with Crippen LogP contribution in [0.1, 0.15) is 10.4 Å². The van der Waals surface area contributed by atoms with Crippen LogP contribution in [0.15, 0.2) is 40.1 Å². The molecular weight excluding hydrogens is 284 g/mol. The minimum absolute atomic E-state index is 0.0575. The van der Waals surface area contributed by atoms with Crippen molar-refractivity contribution in [3.05, 3.63) is 62.7 Å². The molecule has 0 spiro atoms. The van der Waals surface area contributed by atoms with E-state index in [9.17, 15) is 23.2 Å². The molecule has 0 radical (unpaired) electrons. The Bertz CT molecular complexity index is 794. The third kappa shape index (κ3) is 2.73. The quantitative estimate of drug-likeness (QED) is 0.874. The van der Waals surface area contributed by atoms with E-state index < -0.39 is 35.2 Å². The zero-order chi connectivity index (χ0) is 15.6. The number of hydrogen-bond donors (Lipinski definition) is 1. The van der Waals surface area contributed by atoms with Crippen molar-refractivity contribution in [2.24, 2.45) is 5.73 Å². The molecule has 2 aromatic rings. The van der Waals surface area contributed by atoms with Crippen LogP contribution in [0.2, 0.25) is 0 Å². The van der Waals surface area contributed by atoms with Gasteiger partial charge in [0.1, 0.15) is 18.1 Å². The van der Waals surface area contributed by atoms with E-state index >= 15 is 0 Å². The number of aryl methyl sites for hydroxylation is 1. The van der Waals surface area contributed by atoms with Crippen molar-refractivity contribution in [2.75, 3.05) is 6.67 Å². The first-order valence-corrected chi connectivity index (χ1v) is 5.94. The monoisotopic (exact) mass is 295 g/mol. The zero-order valence-electron chi connectivity index (χ0n) is 10.8. The van der Waals surface area contributed by atoms with Crippen LogP contribution in [-0.4, -0.2) is 21.7 Å². The van der Waals surface area contributed by atoms with Crippen LogP contribution in [0.3, 0.4) is 0 Å². The van der Waals surface area contributed by atoms with Crippen LogP contribution in [0.5, 0.6) is 0 Å². The first-order valence-electron chi connectivity index (χ1n) is 5.94. The highest BCUT2D eigenvalue weighted by Crippen LogP contribution is 2.05. The Labute approximate surface area is 117 Å². The number of carbonyl (C=O) groups is 1. The van der Waals surface area contributed by atoms with Gasteiger partial charge in [0.15, 0.2) is 0 Å². The number of aromatic nitrogens is 2. The number of rotatable bonds is 4. The Morgan fingerprint density at radius 3 is 2.33 bits per heavy atom. The minimum Gasteiger partial charge on any atom is -0.365 e. The summed E-state index contributed by atoms with van der Waals surface area (Å²) < 4.78 is 26.9. The van der Waals surface area contributed by atoms with Crippen molar-refractivity contribution < 1.29 is 13.6 Å². The molecule has 110 valence electrons. The Kier molecular flexibility index (Phi) is 3.97. The van der Waals surface area contributed by atoms with Crippen LogP contribution < -0.4 is 17.0 Å². The molecule has 0 saturated heterocycles. The third-order valence-electron chi connectivity index (χ3n) is 2.83. The number of amides is 1. The molecule has 1 amide bonds. The zero-order valence-corrected chi connectivity index (χ0v) is 10.8. The van der Waals surface area contributed by atoms with Crippen molar-refractivity contribution in [3.8, 4) is 5.69 Å². The number of primary amides is 1. The molecule has 0 aliphatic carbocycles. The van der Waals surface area contributed by atoms with E-state index in [0.717, 1.165) is 22.9 Å². The SMILES string of the molecule is NC(=O)c1cn(CCF)c(=O)n(-c2ccc(F)cc2)c1=O. The molecule has 0 aliphatic rings. The van der Waals surface area contributed by atoms with Crippen molar-refractivity contribution in [3.63, 3.8) is 0 Å². The van der Waals surface area contributed by atoms with Crippen molar-refractivity contribution >= 4 is 5.91 Å². The fourth-order valence-corrected chi connectivity index (χ4v) is 1.84. The van der Waals surface area contributed by atoms with Crippen LogP contribution in [0.25, 0.3) is 5.69 Å². The predicted molar refractivity (Wildman–Crippen MR) is 70.7 cm³/mol. The molecule has 1 aromatic carbocycles. The van der Waals surface area contributed by atoms with Gasteiger partial charge in [-0.3, -0.25) is 14.2 Å². The van der Waals surface area contributed by atoms with Gasteiger partial charge in [-0.2, -0.15) is 0 Å². The molecule has 0 fully saturated rings. The summed E-state index contributed by atoms with van der Waals surface area (Å²) in [5.41, 5.74) is 2.91. The summed E-state index contributed by atoms with van der Waals surface area (Å²) in [4.78, 5) is 35.6. The molecule has 2 rings (SSSR count). The smallest absolute Gasteiger partial charge is 0.335 e. The Morgan fingerprint density at radius 2 is 1.81 bits per heavy atom. The molecule has 0 aliphatic heterocycles. The van der Waals surface area contributed by atoms with Crippen molar-refractivity contribution in [1.29, 1.82) is 0 Å². The fraction of sp³-hybridized carbons (Fsp3) is 0.154. The minimum atomic E-state index is -1.04. The van der Waals surface area contributed by atoms with E-state index in [1.807, 2.05) is 0 Å². The highest BCUT2D eigenvalue weighted by Gasteiger charge is 2.16. The molecule has 1 heterocycles. The number of nitrogens with two attached hydrogens (primary N) is 1. The van der Waals surface area contributed by atoms with E-state index in [1.165, 1.54) is 12.1 Å². The van der Waals surface area contributed by atoms with E-state index in [0.29, 0.717) is 4.57 Å². The predicted octanol–water partition coefficient (Wildman–Crippen LogP) is 0.207. The molecule has 0 atom stereocenters. The number of carbonyl (C=O) groups excluding carboxylic acids is 1. The Hall–Kier alpha value is -2.77. The van der Waals surface area contributed by atoms with Crippen LogP contribution in [0, 0.1) is 5.82 Å². The van der Waals surface area contributed by atoms with Crippen LogP contribution in [-0.2, 0) is 6.54 Å². The largest absolute Gasteiger partial charge is 0.365 e. The van der Waals surface area contributed by atoms with Crippen molar-refractivity contribution in [2.45, 2.75) is 6.54 Å². The van der Waals surface area contributed by atoms with Crippen LogP contribution >= 0.6 is 0 Å². The number of nitrogens with zero attached hydrogens (tertiary/aromatic N) is 2. The number of halogens is 2. The van der Waals surface area contributed by atoms with Gasteiger partial charge in [-0.05, 0) is 24.3 Å². The third-order valence-corrected chi connectivity index (χ3v) is 2.83. The molecule has 0 bridgehead atoms. The molecule has 0 unspecified atom stereocenters. The topological polar surface area (TPSA) is 87.1 Å². The lowest BCUT2D eigenvalue weighted by molar-refractivity contribution is 0.0997. The van der Waals surface area contributed by atoms with Crippen molar-refractivity contribution in [1.82, 2.24) is 9.13 Å². The van der Waals surface area contributed by atoms with Gasteiger partial charge in [0.2, 0.25) is 0 Å². The lowest BCUT2D eigenvalue weighted by Crippen LogP contribution is -2.42. The summed E-state index contributed by atoms with van der Waals surface area (Å²) in [5.74, 6) is -1.59. The summed E-state index contributed by atoms with van der Waals surface area (Å²) in [7, 11) is 0. The normalized spacial score (nSPS) is 10.6. The number of alkyl halides is 1. The number of hydrogen-bond acceptors (Lipinski definition) is 3. The second-order valence-electron chi connectivity index (χ2n) is 4.19. The average Bonchev–Trinajstić information content (AvgIpc) is 2.44. The first kappa shape index (κ1) is 14.6. The number of benzene rings is 1. The summed E-state index contributed by atoms with van der Waals surface area (Å²) in [6, 6.07) is 4.50. The van der Waals surface area contributed by atoms with Gasteiger partial charge in [0, 0.05) is 6.20 Å². The average molecular weight is 295 g/mol. The lowest BCUT2D eigenvalue weighted by Gasteiger charge is -2.10. The summed E-state index contributed by atoms with van der Waals surface area (Å²) in [6.07, 6.45) is 0.923. The van der Waals surface area contributed by atoms with Gasteiger partial charge in [0.25, 0.3) is 11.5 Å². The fourth-order valence-electron chi connectivity index (χ4n) is 1.84. The maximum absolute atomic E-state index is 12.9. The van der Waals surface area contributed by atoms with E-state index in [-0.39, 0.29) is 12.2 Å². The van der Waals surface area contributed by atoms with Gasteiger partial charge in [0.05, 0.1) is 12.2 Å².